The van der Waals surface area contributed by atoms with Crippen LogP contribution in [0.15, 0.2) is 41.5 Å². The standard InChI is InChI=1S/C38H48F3NO14/c1-17-20(53-31(49)25(46)27(38(39,40)41)42-32(50)56-33(3,4)5)15-37(51)29(54-30(48)19-12-10-9-11-13-19)26-35(8,28(47)24(45)23(17)34(37,6)7)21(44)14-22-36(26,16-52-22)55-18(2)43/h9-13,20-22,24-27,29,44-46,51H,14-16H2,1-8H3,(H,42,50)/t20-,21-,22+,24+,25+,26-,27+,29-,35+,36-,37+/m0/s1. The van der Waals surface area contributed by atoms with Gasteiger partial charge in [0, 0.05) is 25.2 Å². The molecule has 1 saturated heterocycles. The summed E-state index contributed by atoms with van der Waals surface area (Å²) < 4.78 is 70.6. The maximum Gasteiger partial charge on any atom is 0.411 e. The summed E-state index contributed by atoms with van der Waals surface area (Å²) in [7, 11) is 0. The molecule has 1 aliphatic heterocycles. The maximum absolute atomic E-state index is 14.8. The first-order chi connectivity index (χ1) is 25.6. The smallest absolute Gasteiger partial charge is 0.411 e. The summed E-state index contributed by atoms with van der Waals surface area (Å²) in [6.07, 6.45) is -19.8. The van der Waals surface area contributed by atoms with Gasteiger partial charge in [0.25, 0.3) is 0 Å². The second-order valence-corrected chi connectivity index (χ2v) is 16.7. The third kappa shape index (κ3) is 7.07. The number of fused-ring (bicyclic) bond motifs is 5. The van der Waals surface area contributed by atoms with Crippen LogP contribution < -0.4 is 5.32 Å². The van der Waals surface area contributed by atoms with Gasteiger partial charge in [-0.05, 0) is 57.9 Å². The van der Waals surface area contributed by atoms with Crippen LogP contribution >= 0.6 is 0 Å². The molecule has 1 aromatic carbocycles. The molecule has 0 radical (unpaired) electrons. The third-order valence-electron chi connectivity index (χ3n) is 11.8. The largest absolute Gasteiger partial charge is 0.456 e. The van der Waals surface area contributed by atoms with E-state index in [2.05, 4.69) is 0 Å². The molecule has 15 nitrogen and oxygen atoms in total. The summed E-state index contributed by atoms with van der Waals surface area (Å²) in [5.41, 5.74) is -9.98. The number of benzene rings is 1. The maximum atomic E-state index is 14.8. The number of esters is 3. The fourth-order valence-corrected chi connectivity index (χ4v) is 8.89. The summed E-state index contributed by atoms with van der Waals surface area (Å²) >= 11 is 0. The van der Waals surface area contributed by atoms with Crippen molar-refractivity contribution < 1.29 is 81.3 Å². The molecule has 2 saturated carbocycles. The molecular weight excluding hydrogens is 751 g/mol. The number of hydrogen-bond acceptors (Lipinski definition) is 14. The minimum Gasteiger partial charge on any atom is -0.456 e. The number of hydrogen-bond donors (Lipinski definition) is 5. The van der Waals surface area contributed by atoms with E-state index in [0.717, 1.165) is 6.92 Å². The highest BCUT2D eigenvalue weighted by Crippen LogP contribution is 2.64. The molecule has 0 unspecified atom stereocenters. The molecule has 5 rings (SSSR count). The summed E-state index contributed by atoms with van der Waals surface area (Å²) in [5, 5.41) is 49.1. The summed E-state index contributed by atoms with van der Waals surface area (Å²) in [4.78, 5) is 67.2. The number of amides is 1. The average Bonchev–Trinajstić information content (AvgIpc) is 3.07. The van der Waals surface area contributed by atoms with E-state index in [1.54, 1.807) is 6.07 Å². The second kappa shape index (κ2) is 14.4. The zero-order valence-electron chi connectivity index (χ0n) is 32.1. The van der Waals surface area contributed by atoms with Gasteiger partial charge < -0.3 is 49.4 Å². The molecule has 310 valence electrons. The van der Waals surface area contributed by atoms with Crippen molar-refractivity contribution in [3.05, 3.63) is 47.0 Å². The van der Waals surface area contributed by atoms with Crippen molar-refractivity contribution >= 4 is 29.8 Å². The van der Waals surface area contributed by atoms with E-state index in [9.17, 15) is 57.6 Å². The van der Waals surface area contributed by atoms with Crippen LogP contribution in [0.25, 0.3) is 0 Å². The number of aliphatic hydroxyl groups is 4. The molecule has 11 atom stereocenters. The third-order valence-corrected chi connectivity index (χ3v) is 11.8. The quantitative estimate of drug-likeness (QED) is 0.152. The van der Waals surface area contributed by atoms with Crippen LogP contribution in [-0.4, -0.2) is 122 Å². The van der Waals surface area contributed by atoms with Crippen LogP contribution in [-0.2, 0) is 38.1 Å². The average molecular weight is 800 g/mol. The van der Waals surface area contributed by atoms with Gasteiger partial charge >= 0.3 is 30.2 Å². The first kappa shape index (κ1) is 43.0. The molecule has 2 bridgehead atoms. The highest BCUT2D eigenvalue weighted by Gasteiger charge is 2.78. The Hall–Kier alpha value is -4.10. The molecule has 1 heterocycles. The first-order valence-corrected chi connectivity index (χ1v) is 18.0. The van der Waals surface area contributed by atoms with Gasteiger partial charge in [0.05, 0.1) is 29.6 Å². The Morgan fingerprint density at radius 3 is 2.14 bits per heavy atom. The SMILES string of the molecule is CC(=O)O[C@@]12CO[C@@H]1C[C@H](O)[C@@]1(C)C(=O)[C@H](O)C3=C(C)[C@@H](OC(=O)[C@H](O)[C@@H](NC(=O)OC(C)(C)C)C(F)(F)F)C[C@@](O)([C@@H](OC(=O)c4ccccc4)[C@H]21)C3(C)C. The summed E-state index contributed by atoms with van der Waals surface area (Å²) in [6.45, 7) is 10.2. The van der Waals surface area contributed by atoms with Gasteiger partial charge in [-0.1, -0.05) is 32.0 Å². The minimum absolute atomic E-state index is 0.0205. The van der Waals surface area contributed by atoms with E-state index >= 15 is 0 Å². The van der Waals surface area contributed by atoms with Gasteiger partial charge in [-0.3, -0.25) is 9.59 Å². The van der Waals surface area contributed by atoms with Crippen molar-refractivity contribution in [3.8, 4) is 0 Å². The Morgan fingerprint density at radius 2 is 1.62 bits per heavy atom. The predicted molar refractivity (Wildman–Crippen MR) is 184 cm³/mol. The van der Waals surface area contributed by atoms with E-state index < -0.39 is 119 Å². The van der Waals surface area contributed by atoms with Crippen molar-refractivity contribution in [1.29, 1.82) is 0 Å². The van der Waals surface area contributed by atoms with E-state index in [0.29, 0.717) is 0 Å². The number of aliphatic hydroxyl groups excluding tert-OH is 3. The second-order valence-electron chi connectivity index (χ2n) is 16.7. The van der Waals surface area contributed by atoms with Gasteiger partial charge in [-0.15, -0.1) is 0 Å². The van der Waals surface area contributed by atoms with Crippen molar-refractivity contribution in [1.82, 2.24) is 5.32 Å². The number of nitrogens with one attached hydrogen (secondary N) is 1. The molecule has 18 heteroatoms. The number of alkyl halides is 3. The highest BCUT2D eigenvalue weighted by atomic mass is 19.4. The van der Waals surface area contributed by atoms with Gasteiger partial charge in [0.1, 0.15) is 35.6 Å². The molecule has 0 spiro atoms. The monoisotopic (exact) mass is 799 g/mol. The predicted octanol–water partition coefficient (Wildman–Crippen LogP) is 2.45. The van der Waals surface area contributed by atoms with Crippen LogP contribution in [0.5, 0.6) is 0 Å². The van der Waals surface area contributed by atoms with E-state index in [1.165, 1.54) is 78.0 Å². The number of halogens is 3. The van der Waals surface area contributed by atoms with Gasteiger partial charge in [-0.2, -0.15) is 13.2 Å². The van der Waals surface area contributed by atoms with Crippen LogP contribution in [0.3, 0.4) is 0 Å². The topological polar surface area (TPSA) is 224 Å². The number of alkyl carbamates (subject to hydrolysis) is 1. The molecule has 56 heavy (non-hydrogen) atoms. The molecular formula is C38H48F3NO14. The van der Waals surface area contributed by atoms with E-state index in [4.69, 9.17) is 23.7 Å². The van der Waals surface area contributed by atoms with Crippen molar-refractivity contribution in [2.45, 2.75) is 134 Å². The molecule has 3 fully saturated rings. The number of carbonyl (C=O) groups is 5. The number of ether oxygens (including phenoxy) is 5. The zero-order chi connectivity index (χ0) is 42.1. The number of Topliss-reactive ketones (excluding diaryl/α,β-unsaturated/α-hetero) is 1. The Bertz CT molecular complexity index is 1790. The first-order valence-electron chi connectivity index (χ1n) is 18.0. The molecule has 5 N–H and O–H groups in total. The van der Waals surface area contributed by atoms with Crippen LogP contribution in [0.1, 0.15) is 78.6 Å². The van der Waals surface area contributed by atoms with Gasteiger partial charge in [0.2, 0.25) is 0 Å². The zero-order valence-corrected chi connectivity index (χ0v) is 32.1. The molecule has 1 amide bonds. The summed E-state index contributed by atoms with van der Waals surface area (Å²) in [6, 6.07) is 4.22. The van der Waals surface area contributed by atoms with Crippen molar-refractivity contribution in [2.24, 2.45) is 16.7 Å². The summed E-state index contributed by atoms with van der Waals surface area (Å²) in [5.74, 6) is -6.53. The number of ketones is 1. The number of rotatable bonds is 7. The molecule has 1 aromatic rings. The lowest BCUT2D eigenvalue weighted by Crippen LogP contribution is -2.81. The van der Waals surface area contributed by atoms with Crippen LogP contribution in [0.2, 0.25) is 0 Å². The Morgan fingerprint density at radius 1 is 1.02 bits per heavy atom. The lowest BCUT2D eigenvalue weighted by Gasteiger charge is -2.67. The lowest BCUT2D eigenvalue weighted by atomic mass is 9.44. The highest BCUT2D eigenvalue weighted by molar-refractivity contribution is 5.94. The van der Waals surface area contributed by atoms with Gasteiger partial charge in [-0.25, -0.2) is 14.4 Å². The van der Waals surface area contributed by atoms with Crippen LogP contribution in [0.4, 0.5) is 18.0 Å². The fourth-order valence-electron chi connectivity index (χ4n) is 8.89. The number of carbonyl (C=O) groups excluding carboxylic acids is 5. The molecule has 0 aromatic heterocycles. The van der Waals surface area contributed by atoms with Crippen LogP contribution in [0, 0.1) is 16.7 Å². The van der Waals surface area contributed by atoms with E-state index in [-0.39, 0.29) is 29.7 Å². The lowest BCUT2D eigenvalue weighted by molar-refractivity contribution is -0.346. The van der Waals surface area contributed by atoms with E-state index in [1.807, 2.05) is 0 Å². The van der Waals surface area contributed by atoms with Gasteiger partial charge in [0.15, 0.2) is 23.5 Å². The Kier molecular flexibility index (Phi) is 11.0. The van der Waals surface area contributed by atoms with Crippen molar-refractivity contribution in [2.75, 3.05) is 6.61 Å². The normalized spacial score (nSPS) is 34.9. The Balaban J connectivity index is 1.67. The Labute approximate surface area is 320 Å². The minimum atomic E-state index is -5.42. The van der Waals surface area contributed by atoms with Crippen molar-refractivity contribution in [3.63, 3.8) is 0 Å². The molecule has 3 aliphatic carbocycles. The fraction of sp³-hybridized carbons (Fsp3) is 0.658. The molecule has 4 aliphatic rings.